The van der Waals surface area contributed by atoms with Crippen LogP contribution in [-0.4, -0.2) is 33.3 Å². The van der Waals surface area contributed by atoms with E-state index in [4.69, 9.17) is 5.11 Å². The molecule has 1 unspecified atom stereocenters. The van der Waals surface area contributed by atoms with Gasteiger partial charge in [0.25, 0.3) is 5.91 Å². The molecule has 2 aromatic carbocycles. The van der Waals surface area contributed by atoms with Gasteiger partial charge in [-0.1, -0.05) is 6.07 Å². The number of nitrogens with zero attached hydrogens (tertiary/aromatic N) is 1. The maximum Gasteiger partial charge on any atom is 0.251 e. The molecule has 0 radical (unpaired) electrons. The van der Waals surface area contributed by atoms with Gasteiger partial charge in [-0.05, 0) is 55.8 Å². The number of amides is 1. The third-order valence-corrected chi connectivity index (χ3v) is 4.88. The first kappa shape index (κ1) is 17.5. The van der Waals surface area contributed by atoms with Crippen LogP contribution in [0.25, 0.3) is 11.0 Å². The Morgan fingerprint density at radius 2 is 2.04 bits per heavy atom. The van der Waals surface area contributed by atoms with Crippen LogP contribution in [0, 0.1) is 6.92 Å². The zero-order valence-electron chi connectivity index (χ0n) is 14.2. The normalized spacial score (nSPS) is 12.3. The minimum absolute atomic E-state index is 0.136. The van der Waals surface area contributed by atoms with Crippen molar-refractivity contribution in [2.75, 3.05) is 12.4 Å². The number of aryl methyl sites for hydroxylation is 1. The van der Waals surface area contributed by atoms with Crippen LogP contribution in [0.1, 0.15) is 34.7 Å². The third-order valence-electron chi connectivity index (χ3n) is 3.89. The fourth-order valence-electron chi connectivity index (χ4n) is 2.56. The molecule has 1 heterocycles. The van der Waals surface area contributed by atoms with Gasteiger partial charge in [-0.15, -0.1) is 11.8 Å². The Labute approximate surface area is 150 Å². The van der Waals surface area contributed by atoms with Crippen molar-refractivity contribution >= 4 is 28.7 Å². The van der Waals surface area contributed by atoms with Gasteiger partial charge in [-0.25, -0.2) is 4.98 Å². The predicted molar refractivity (Wildman–Crippen MR) is 101 cm³/mol. The highest BCUT2D eigenvalue weighted by molar-refractivity contribution is 7.99. The number of hydrogen-bond donors (Lipinski definition) is 3. The molecule has 0 spiro atoms. The van der Waals surface area contributed by atoms with E-state index in [2.05, 4.69) is 15.3 Å². The smallest absolute Gasteiger partial charge is 0.251 e. The number of carbonyl (C=O) groups is 1. The lowest BCUT2D eigenvalue weighted by Crippen LogP contribution is -2.27. The fraction of sp³-hybridized carbons (Fsp3) is 0.263. The first-order valence-electron chi connectivity index (χ1n) is 8.17. The summed E-state index contributed by atoms with van der Waals surface area (Å²) >= 11 is 1.56. The maximum absolute atomic E-state index is 12.4. The summed E-state index contributed by atoms with van der Waals surface area (Å²) in [5, 5.41) is 11.8. The zero-order valence-corrected chi connectivity index (χ0v) is 15.1. The van der Waals surface area contributed by atoms with Crippen molar-refractivity contribution in [1.29, 1.82) is 0 Å². The number of rotatable bonds is 6. The molecule has 1 aromatic heterocycles. The second-order valence-electron chi connectivity index (χ2n) is 5.93. The second-order valence-corrected chi connectivity index (χ2v) is 7.10. The molecule has 3 aromatic rings. The topological polar surface area (TPSA) is 78.0 Å². The number of aliphatic hydroxyl groups excluding tert-OH is 1. The van der Waals surface area contributed by atoms with E-state index in [0.717, 1.165) is 21.8 Å². The number of thioether (sulfide) groups is 1. The van der Waals surface area contributed by atoms with Crippen molar-refractivity contribution in [1.82, 2.24) is 15.3 Å². The summed E-state index contributed by atoms with van der Waals surface area (Å²) in [5.74, 6) is 1.25. The molecule has 3 N–H and O–H groups in total. The quantitative estimate of drug-likeness (QED) is 0.592. The number of benzene rings is 2. The van der Waals surface area contributed by atoms with E-state index in [9.17, 15) is 4.79 Å². The van der Waals surface area contributed by atoms with Crippen molar-refractivity contribution < 1.29 is 9.90 Å². The van der Waals surface area contributed by atoms with Crippen molar-refractivity contribution in [2.45, 2.75) is 24.8 Å². The first-order chi connectivity index (χ1) is 12.1. The highest BCUT2D eigenvalue weighted by Crippen LogP contribution is 2.19. The average Bonchev–Trinajstić information content (AvgIpc) is 3.03. The van der Waals surface area contributed by atoms with E-state index >= 15 is 0 Å². The van der Waals surface area contributed by atoms with Gasteiger partial charge in [0.1, 0.15) is 5.82 Å². The van der Waals surface area contributed by atoms with E-state index in [1.54, 1.807) is 23.9 Å². The molecular weight excluding hydrogens is 334 g/mol. The molecule has 1 amide bonds. The highest BCUT2D eigenvalue weighted by Gasteiger charge is 2.15. The van der Waals surface area contributed by atoms with Crippen LogP contribution in [-0.2, 0) is 0 Å². The summed E-state index contributed by atoms with van der Waals surface area (Å²) in [7, 11) is 0. The molecular formula is C19H21N3O2S. The molecule has 130 valence electrons. The summed E-state index contributed by atoms with van der Waals surface area (Å²) in [6.07, 6.45) is 0. The molecule has 0 saturated heterocycles. The van der Waals surface area contributed by atoms with Crippen molar-refractivity contribution in [2.24, 2.45) is 0 Å². The molecule has 25 heavy (non-hydrogen) atoms. The van der Waals surface area contributed by atoms with Gasteiger partial charge in [0, 0.05) is 16.2 Å². The summed E-state index contributed by atoms with van der Waals surface area (Å²) in [5.41, 5.74) is 3.64. The van der Waals surface area contributed by atoms with Crippen LogP contribution < -0.4 is 5.32 Å². The predicted octanol–water partition coefficient (Wildman–Crippen LogP) is 3.45. The molecule has 0 fully saturated rings. The second kappa shape index (κ2) is 7.72. The minimum atomic E-state index is -0.219. The van der Waals surface area contributed by atoms with Gasteiger partial charge in [0.2, 0.25) is 0 Å². The largest absolute Gasteiger partial charge is 0.396 e. The lowest BCUT2D eigenvalue weighted by molar-refractivity contribution is 0.0938. The summed E-state index contributed by atoms with van der Waals surface area (Å²) in [6, 6.07) is 13.2. The van der Waals surface area contributed by atoms with Crippen molar-refractivity contribution in [3.63, 3.8) is 0 Å². The molecule has 5 nitrogen and oxygen atoms in total. The number of aliphatic hydroxyl groups is 1. The van der Waals surface area contributed by atoms with Crippen LogP contribution >= 0.6 is 11.8 Å². The fourth-order valence-corrected chi connectivity index (χ4v) is 3.22. The Bertz CT molecular complexity index is 874. The van der Waals surface area contributed by atoms with Crippen LogP contribution in [0.3, 0.4) is 0 Å². The number of nitrogens with one attached hydrogen (secondary N) is 2. The highest BCUT2D eigenvalue weighted by atomic mass is 32.2. The summed E-state index contributed by atoms with van der Waals surface area (Å²) < 4.78 is 0. The number of H-pyrrole nitrogens is 1. The van der Waals surface area contributed by atoms with Crippen molar-refractivity contribution in [3.8, 4) is 0 Å². The van der Waals surface area contributed by atoms with Crippen LogP contribution in [0.2, 0.25) is 0 Å². The molecule has 6 heteroatoms. The lowest BCUT2D eigenvalue weighted by atomic mass is 10.2. The van der Waals surface area contributed by atoms with Gasteiger partial charge in [0.05, 0.1) is 23.7 Å². The molecule has 1 atom stereocenters. The standard InChI is InChI=1S/C19H21N3O2S/c1-12-3-8-16-17(11-12)22-18(21-16)13(2)20-19(24)14-4-6-15(7-5-14)25-10-9-23/h3-8,11,13,23H,9-10H2,1-2H3,(H,20,24)(H,21,22). The summed E-state index contributed by atoms with van der Waals surface area (Å²) in [6.45, 7) is 4.09. The SMILES string of the molecule is Cc1ccc2nc(C(C)NC(=O)c3ccc(SCCO)cc3)[nH]c2c1. The molecule has 3 rings (SSSR count). The molecule has 0 aliphatic carbocycles. The van der Waals surface area contributed by atoms with E-state index in [1.807, 2.05) is 44.2 Å². The molecule has 0 aliphatic rings. The van der Waals surface area contributed by atoms with E-state index < -0.39 is 0 Å². The van der Waals surface area contributed by atoms with Crippen LogP contribution in [0.15, 0.2) is 47.4 Å². The van der Waals surface area contributed by atoms with E-state index in [0.29, 0.717) is 11.3 Å². The Hall–Kier alpha value is -2.31. The lowest BCUT2D eigenvalue weighted by Gasteiger charge is -2.11. The minimum Gasteiger partial charge on any atom is -0.396 e. The number of imidazole rings is 1. The Morgan fingerprint density at radius 1 is 1.28 bits per heavy atom. The van der Waals surface area contributed by atoms with E-state index in [-0.39, 0.29) is 18.6 Å². The zero-order chi connectivity index (χ0) is 17.8. The molecule has 0 saturated carbocycles. The Kier molecular flexibility index (Phi) is 5.40. The van der Waals surface area contributed by atoms with Gasteiger partial charge >= 0.3 is 0 Å². The first-order valence-corrected chi connectivity index (χ1v) is 9.16. The van der Waals surface area contributed by atoms with Gasteiger partial charge in [-0.3, -0.25) is 4.79 Å². The van der Waals surface area contributed by atoms with Crippen LogP contribution in [0.5, 0.6) is 0 Å². The molecule has 0 bridgehead atoms. The van der Waals surface area contributed by atoms with Crippen LogP contribution in [0.4, 0.5) is 0 Å². The Morgan fingerprint density at radius 3 is 2.76 bits per heavy atom. The number of fused-ring (bicyclic) bond motifs is 1. The number of aromatic amines is 1. The maximum atomic E-state index is 12.4. The van der Waals surface area contributed by atoms with E-state index in [1.165, 1.54) is 5.56 Å². The van der Waals surface area contributed by atoms with Crippen molar-refractivity contribution in [3.05, 3.63) is 59.4 Å². The van der Waals surface area contributed by atoms with Gasteiger partial charge in [0.15, 0.2) is 0 Å². The number of hydrogen-bond acceptors (Lipinski definition) is 4. The Balaban J connectivity index is 1.68. The van der Waals surface area contributed by atoms with Gasteiger partial charge < -0.3 is 15.4 Å². The average molecular weight is 355 g/mol. The monoisotopic (exact) mass is 355 g/mol. The number of aromatic nitrogens is 2. The third kappa shape index (κ3) is 4.21. The summed E-state index contributed by atoms with van der Waals surface area (Å²) in [4.78, 5) is 21.3. The molecule has 0 aliphatic heterocycles. The number of carbonyl (C=O) groups excluding carboxylic acids is 1. The van der Waals surface area contributed by atoms with Gasteiger partial charge in [-0.2, -0.15) is 0 Å².